The number of benzene rings is 3. The molecule has 41 heavy (non-hydrogen) atoms. The second-order valence-electron chi connectivity index (χ2n) is 12.4. The average Bonchev–Trinajstić information content (AvgIpc) is 3.81. The van der Waals surface area contributed by atoms with Crippen molar-refractivity contribution in [1.82, 2.24) is 9.80 Å². The van der Waals surface area contributed by atoms with E-state index in [1.54, 1.807) is 12.0 Å². The highest BCUT2D eigenvalue weighted by Crippen LogP contribution is 2.39. The number of ether oxygens (including phenoxy) is 2. The number of nitrogens with zero attached hydrogens (tertiary/aromatic N) is 2. The van der Waals surface area contributed by atoms with Gasteiger partial charge in [-0.1, -0.05) is 66.7 Å². The molecular formula is C35H42N2O4. The van der Waals surface area contributed by atoms with E-state index < -0.39 is 5.60 Å². The summed E-state index contributed by atoms with van der Waals surface area (Å²) in [6.07, 6.45) is 2.36. The van der Waals surface area contributed by atoms with Crippen molar-refractivity contribution in [2.75, 3.05) is 20.2 Å². The van der Waals surface area contributed by atoms with Crippen LogP contribution in [-0.4, -0.2) is 53.6 Å². The first kappa shape index (κ1) is 28.7. The minimum atomic E-state index is -0.596. The monoisotopic (exact) mass is 554 g/mol. The van der Waals surface area contributed by atoms with Gasteiger partial charge in [-0.25, -0.2) is 4.79 Å². The lowest BCUT2D eigenvalue weighted by Gasteiger charge is -2.40. The zero-order valence-corrected chi connectivity index (χ0v) is 24.9. The van der Waals surface area contributed by atoms with E-state index >= 15 is 0 Å². The smallest absolute Gasteiger partial charge is 0.410 e. The minimum absolute atomic E-state index is 0.00231. The van der Waals surface area contributed by atoms with E-state index in [4.69, 9.17) is 9.47 Å². The van der Waals surface area contributed by atoms with Crippen LogP contribution < -0.4 is 4.74 Å². The standard InChI is InChI=1S/C35H42N2O4/c1-24-28(15-10-16-32(24)40-5)22-37(29-17-18-29)33(38)31-23-36(34(39)41-35(2,3)4)20-19-30(31)27-14-9-13-26(21-27)25-11-7-6-8-12-25/h6-16,21,29-31H,17-20,22-23H2,1-5H3/t30-,31+/m1/s1. The van der Waals surface area contributed by atoms with Gasteiger partial charge in [0.2, 0.25) is 5.91 Å². The summed E-state index contributed by atoms with van der Waals surface area (Å²) in [5.74, 6) is 0.569. The molecule has 0 spiro atoms. The van der Waals surface area contributed by atoms with Crippen LogP contribution in [0.1, 0.15) is 62.6 Å². The molecule has 3 aromatic rings. The molecule has 1 saturated heterocycles. The number of hydrogen-bond donors (Lipinski definition) is 0. The van der Waals surface area contributed by atoms with E-state index in [1.165, 1.54) is 0 Å². The molecule has 1 aliphatic heterocycles. The lowest BCUT2D eigenvalue weighted by atomic mass is 9.79. The van der Waals surface area contributed by atoms with Gasteiger partial charge in [0.15, 0.2) is 0 Å². The van der Waals surface area contributed by atoms with Crippen molar-refractivity contribution in [2.45, 2.75) is 71.1 Å². The molecule has 5 rings (SSSR count). The number of methoxy groups -OCH3 is 1. The maximum atomic E-state index is 14.6. The van der Waals surface area contributed by atoms with Crippen molar-refractivity contribution >= 4 is 12.0 Å². The molecule has 2 fully saturated rings. The van der Waals surface area contributed by atoms with Crippen LogP contribution in [0, 0.1) is 12.8 Å². The van der Waals surface area contributed by atoms with Crippen LogP contribution in [0.3, 0.4) is 0 Å². The average molecular weight is 555 g/mol. The van der Waals surface area contributed by atoms with Gasteiger partial charge in [0, 0.05) is 25.7 Å². The second-order valence-corrected chi connectivity index (χ2v) is 12.4. The Morgan fingerprint density at radius 3 is 2.32 bits per heavy atom. The summed E-state index contributed by atoms with van der Waals surface area (Å²) >= 11 is 0. The van der Waals surface area contributed by atoms with Crippen molar-refractivity contribution in [3.8, 4) is 16.9 Å². The first-order valence-electron chi connectivity index (χ1n) is 14.7. The molecule has 0 unspecified atom stereocenters. The highest BCUT2D eigenvalue weighted by atomic mass is 16.6. The second kappa shape index (κ2) is 12.0. The third kappa shape index (κ3) is 6.75. The van der Waals surface area contributed by atoms with Crippen LogP contribution in [0.15, 0.2) is 72.8 Å². The Bertz CT molecular complexity index is 1380. The normalized spacial score (nSPS) is 19.0. The Kier molecular flexibility index (Phi) is 8.39. The predicted octanol–water partition coefficient (Wildman–Crippen LogP) is 7.20. The molecule has 6 nitrogen and oxygen atoms in total. The largest absolute Gasteiger partial charge is 0.496 e. The molecule has 2 atom stereocenters. The topological polar surface area (TPSA) is 59.1 Å². The molecule has 1 saturated carbocycles. The Morgan fingerprint density at radius 1 is 0.927 bits per heavy atom. The van der Waals surface area contributed by atoms with Crippen molar-refractivity contribution in [2.24, 2.45) is 5.92 Å². The number of hydrogen-bond acceptors (Lipinski definition) is 4. The molecule has 2 amide bonds. The Balaban J connectivity index is 1.47. The maximum Gasteiger partial charge on any atom is 0.410 e. The summed E-state index contributed by atoms with van der Waals surface area (Å²) < 4.78 is 11.3. The summed E-state index contributed by atoms with van der Waals surface area (Å²) in [6.45, 7) is 9.10. The van der Waals surface area contributed by atoms with Gasteiger partial charge in [-0.2, -0.15) is 0 Å². The predicted molar refractivity (Wildman–Crippen MR) is 162 cm³/mol. The molecule has 6 heteroatoms. The third-order valence-electron chi connectivity index (χ3n) is 8.23. The highest BCUT2D eigenvalue weighted by Gasteiger charge is 2.43. The molecule has 3 aromatic carbocycles. The molecule has 2 aliphatic rings. The number of carbonyl (C=O) groups is 2. The van der Waals surface area contributed by atoms with Crippen molar-refractivity contribution in [3.05, 3.63) is 89.5 Å². The van der Waals surface area contributed by atoms with Gasteiger partial charge in [0.05, 0.1) is 13.0 Å². The lowest BCUT2D eigenvalue weighted by Crippen LogP contribution is -2.51. The van der Waals surface area contributed by atoms with E-state index in [1.807, 2.05) is 58.0 Å². The number of amides is 2. The SMILES string of the molecule is COc1cccc(CN(C(=O)[C@H]2CN(C(=O)OC(C)(C)C)CC[C@@H]2c2cccc(-c3ccccc3)c2)C2CC2)c1C. The molecule has 0 radical (unpaired) electrons. The fourth-order valence-corrected chi connectivity index (χ4v) is 5.90. The maximum absolute atomic E-state index is 14.6. The molecule has 1 heterocycles. The van der Waals surface area contributed by atoms with Gasteiger partial charge < -0.3 is 19.3 Å². The van der Waals surface area contributed by atoms with Crippen LogP contribution >= 0.6 is 0 Å². The quantitative estimate of drug-likeness (QED) is 0.310. The van der Waals surface area contributed by atoms with Crippen LogP contribution in [0.5, 0.6) is 5.75 Å². The number of carbonyl (C=O) groups excluding carboxylic acids is 2. The molecule has 0 aromatic heterocycles. The number of rotatable bonds is 7. The van der Waals surface area contributed by atoms with E-state index in [0.29, 0.717) is 26.1 Å². The van der Waals surface area contributed by atoms with Gasteiger partial charge in [-0.3, -0.25) is 4.79 Å². The van der Waals surface area contributed by atoms with E-state index in [2.05, 4.69) is 47.4 Å². The zero-order chi connectivity index (χ0) is 29.1. The third-order valence-corrected chi connectivity index (χ3v) is 8.23. The summed E-state index contributed by atoms with van der Waals surface area (Å²) in [7, 11) is 1.68. The van der Waals surface area contributed by atoms with Crippen molar-refractivity contribution in [3.63, 3.8) is 0 Å². The van der Waals surface area contributed by atoms with Crippen LogP contribution in [0.25, 0.3) is 11.1 Å². The van der Waals surface area contributed by atoms with Gasteiger partial charge in [0.25, 0.3) is 0 Å². The van der Waals surface area contributed by atoms with Crippen LogP contribution in [0.2, 0.25) is 0 Å². The Labute approximate surface area is 244 Å². The number of likely N-dealkylation sites (tertiary alicyclic amines) is 1. The number of piperidine rings is 1. The summed E-state index contributed by atoms with van der Waals surface area (Å²) in [5, 5.41) is 0. The zero-order valence-electron chi connectivity index (χ0n) is 24.9. The summed E-state index contributed by atoms with van der Waals surface area (Å²) in [4.78, 5) is 31.5. The fraction of sp³-hybridized carbons (Fsp3) is 0.429. The lowest BCUT2D eigenvalue weighted by molar-refractivity contribution is -0.139. The van der Waals surface area contributed by atoms with E-state index in [9.17, 15) is 9.59 Å². The summed E-state index contributed by atoms with van der Waals surface area (Å²) in [6, 6.07) is 25.1. The van der Waals surface area contributed by atoms with Gasteiger partial charge in [-0.15, -0.1) is 0 Å². The van der Waals surface area contributed by atoms with Crippen LogP contribution in [0.4, 0.5) is 4.79 Å². The minimum Gasteiger partial charge on any atom is -0.496 e. The van der Waals surface area contributed by atoms with Gasteiger partial charge in [-0.05, 0) is 86.8 Å². The Morgan fingerprint density at radius 2 is 1.63 bits per heavy atom. The molecule has 0 bridgehead atoms. The highest BCUT2D eigenvalue weighted by molar-refractivity contribution is 5.82. The first-order valence-corrected chi connectivity index (χ1v) is 14.7. The molecule has 0 N–H and O–H groups in total. The fourth-order valence-electron chi connectivity index (χ4n) is 5.90. The summed E-state index contributed by atoms with van der Waals surface area (Å²) in [5.41, 5.74) is 4.97. The van der Waals surface area contributed by atoms with E-state index in [-0.39, 0.29) is 29.9 Å². The van der Waals surface area contributed by atoms with Crippen molar-refractivity contribution < 1.29 is 19.1 Å². The first-order chi connectivity index (χ1) is 19.6. The molecule has 1 aliphatic carbocycles. The van der Waals surface area contributed by atoms with Gasteiger partial charge >= 0.3 is 6.09 Å². The Hall–Kier alpha value is -3.80. The van der Waals surface area contributed by atoms with Crippen molar-refractivity contribution in [1.29, 1.82) is 0 Å². The van der Waals surface area contributed by atoms with Crippen LogP contribution in [-0.2, 0) is 16.1 Å². The molecule has 216 valence electrons. The van der Waals surface area contributed by atoms with Gasteiger partial charge in [0.1, 0.15) is 11.4 Å². The molecular weight excluding hydrogens is 512 g/mol. The van der Waals surface area contributed by atoms with E-state index in [0.717, 1.165) is 46.4 Å².